The number of nitrogens with one attached hydrogen (secondary N) is 1. The molecule has 0 radical (unpaired) electrons. The summed E-state index contributed by atoms with van der Waals surface area (Å²) in [5.74, 6) is -0.223. The Kier molecular flexibility index (Phi) is 4.09. The Morgan fingerprint density at radius 1 is 1.28 bits per heavy atom. The maximum atomic E-state index is 13.4. The minimum Gasteiger partial charge on any atom is -0.309 e. The van der Waals surface area contributed by atoms with Crippen LogP contribution in [0.3, 0.4) is 0 Å². The van der Waals surface area contributed by atoms with Gasteiger partial charge in [-0.25, -0.2) is 4.39 Å². The van der Waals surface area contributed by atoms with E-state index in [2.05, 4.69) is 26.2 Å². The first-order valence-electron chi connectivity index (χ1n) is 5.65. The molecule has 0 saturated heterocycles. The predicted molar refractivity (Wildman–Crippen MR) is 74.0 cm³/mol. The van der Waals surface area contributed by atoms with Crippen LogP contribution in [0.5, 0.6) is 0 Å². The molecule has 1 atom stereocenters. The average molecular weight is 309 g/mol. The number of benzene rings is 1. The van der Waals surface area contributed by atoms with E-state index < -0.39 is 0 Å². The molecule has 0 saturated carbocycles. The second kappa shape index (κ2) is 5.59. The number of hydrogen-bond acceptors (Lipinski definition) is 2. The van der Waals surface area contributed by atoms with E-state index in [0.29, 0.717) is 0 Å². The van der Waals surface area contributed by atoms with E-state index in [1.165, 1.54) is 6.07 Å². The summed E-state index contributed by atoms with van der Waals surface area (Å²) in [6.07, 6.45) is 3.52. The number of aryl methyl sites for hydroxylation is 1. The summed E-state index contributed by atoms with van der Waals surface area (Å²) in [6.45, 7) is 1.98. The van der Waals surface area contributed by atoms with Crippen LogP contribution in [0.1, 0.15) is 22.7 Å². The third-order valence-electron chi connectivity index (χ3n) is 2.90. The summed E-state index contributed by atoms with van der Waals surface area (Å²) in [5, 5.41) is 3.20. The molecule has 0 amide bonds. The lowest BCUT2D eigenvalue weighted by Gasteiger charge is -2.19. The van der Waals surface area contributed by atoms with Crippen LogP contribution in [0.15, 0.2) is 41.1 Å². The Morgan fingerprint density at radius 3 is 2.72 bits per heavy atom. The van der Waals surface area contributed by atoms with Crippen molar-refractivity contribution in [2.24, 2.45) is 0 Å². The molecule has 2 aromatic rings. The van der Waals surface area contributed by atoms with E-state index in [9.17, 15) is 4.39 Å². The van der Waals surface area contributed by atoms with Crippen molar-refractivity contribution in [3.8, 4) is 0 Å². The molecule has 0 bridgehead atoms. The molecule has 1 aromatic carbocycles. The second-order valence-corrected chi connectivity index (χ2v) is 5.07. The standard InChI is InChI=1S/C14H14BrFN2/c1-9-3-4-12(16)6-13(9)14(17-2)10-5-11(15)8-18-7-10/h3-8,14,17H,1-2H3. The van der Waals surface area contributed by atoms with E-state index in [1.54, 1.807) is 24.5 Å². The van der Waals surface area contributed by atoms with E-state index >= 15 is 0 Å². The number of nitrogens with zero attached hydrogens (tertiary/aromatic N) is 1. The molecule has 18 heavy (non-hydrogen) atoms. The van der Waals surface area contributed by atoms with Crippen molar-refractivity contribution >= 4 is 15.9 Å². The number of pyridine rings is 1. The Hall–Kier alpha value is -1.26. The lowest BCUT2D eigenvalue weighted by atomic mass is 9.96. The van der Waals surface area contributed by atoms with E-state index in [-0.39, 0.29) is 11.9 Å². The fraction of sp³-hybridized carbons (Fsp3) is 0.214. The number of halogens is 2. The van der Waals surface area contributed by atoms with Crippen LogP contribution < -0.4 is 5.32 Å². The van der Waals surface area contributed by atoms with Gasteiger partial charge in [0.25, 0.3) is 0 Å². The summed E-state index contributed by atoms with van der Waals surface area (Å²) in [4.78, 5) is 4.15. The molecule has 1 unspecified atom stereocenters. The van der Waals surface area contributed by atoms with Crippen LogP contribution in [-0.4, -0.2) is 12.0 Å². The highest BCUT2D eigenvalue weighted by Gasteiger charge is 2.15. The van der Waals surface area contributed by atoms with Gasteiger partial charge in [0.1, 0.15) is 5.82 Å². The van der Waals surface area contributed by atoms with Crippen LogP contribution in [0.4, 0.5) is 4.39 Å². The Labute approximate surface area is 114 Å². The van der Waals surface area contributed by atoms with Gasteiger partial charge in [0.2, 0.25) is 0 Å². The largest absolute Gasteiger partial charge is 0.309 e. The molecule has 4 heteroatoms. The lowest BCUT2D eigenvalue weighted by Crippen LogP contribution is -2.19. The summed E-state index contributed by atoms with van der Waals surface area (Å²) in [6, 6.07) is 6.76. The first kappa shape index (κ1) is 13.2. The molecular formula is C14H14BrFN2. The van der Waals surface area contributed by atoms with Gasteiger partial charge in [-0.2, -0.15) is 0 Å². The van der Waals surface area contributed by atoms with Crippen molar-refractivity contribution < 1.29 is 4.39 Å². The summed E-state index contributed by atoms with van der Waals surface area (Å²) in [7, 11) is 1.86. The molecule has 0 fully saturated rings. The highest BCUT2D eigenvalue weighted by atomic mass is 79.9. The van der Waals surface area contributed by atoms with Gasteiger partial charge in [0.15, 0.2) is 0 Å². The molecule has 0 spiro atoms. The maximum Gasteiger partial charge on any atom is 0.123 e. The summed E-state index contributed by atoms with van der Waals surface area (Å²) >= 11 is 3.40. The van der Waals surface area contributed by atoms with Gasteiger partial charge < -0.3 is 5.32 Å². The van der Waals surface area contributed by atoms with Crippen molar-refractivity contribution in [1.82, 2.24) is 10.3 Å². The third-order valence-corrected chi connectivity index (χ3v) is 3.33. The second-order valence-electron chi connectivity index (χ2n) is 4.16. The highest BCUT2D eigenvalue weighted by molar-refractivity contribution is 9.10. The molecule has 0 aliphatic carbocycles. The topological polar surface area (TPSA) is 24.9 Å². The normalized spacial score (nSPS) is 12.4. The zero-order valence-electron chi connectivity index (χ0n) is 10.2. The molecular weight excluding hydrogens is 295 g/mol. The molecule has 1 heterocycles. The van der Waals surface area contributed by atoms with Crippen molar-refractivity contribution in [3.63, 3.8) is 0 Å². The Bertz CT molecular complexity index is 557. The lowest BCUT2D eigenvalue weighted by molar-refractivity contribution is 0.614. The van der Waals surface area contributed by atoms with Crippen LogP contribution in [0.2, 0.25) is 0 Å². The van der Waals surface area contributed by atoms with Crippen LogP contribution in [-0.2, 0) is 0 Å². The van der Waals surface area contributed by atoms with Crippen LogP contribution in [0, 0.1) is 12.7 Å². The molecule has 1 aromatic heterocycles. The fourth-order valence-electron chi connectivity index (χ4n) is 2.01. The van der Waals surface area contributed by atoms with Crippen molar-refractivity contribution in [1.29, 1.82) is 0 Å². The Morgan fingerprint density at radius 2 is 2.06 bits per heavy atom. The van der Waals surface area contributed by atoms with Gasteiger partial charge in [-0.1, -0.05) is 6.07 Å². The van der Waals surface area contributed by atoms with Crippen molar-refractivity contribution in [3.05, 3.63) is 63.6 Å². The number of aromatic nitrogens is 1. The van der Waals surface area contributed by atoms with Gasteiger partial charge >= 0.3 is 0 Å². The first-order valence-corrected chi connectivity index (χ1v) is 6.45. The highest BCUT2D eigenvalue weighted by Crippen LogP contribution is 2.26. The quantitative estimate of drug-likeness (QED) is 0.937. The molecule has 94 valence electrons. The SMILES string of the molecule is CNC(c1cncc(Br)c1)c1cc(F)ccc1C. The monoisotopic (exact) mass is 308 g/mol. The number of rotatable bonds is 3. The zero-order valence-corrected chi connectivity index (χ0v) is 11.8. The van der Waals surface area contributed by atoms with Crippen LogP contribution in [0.25, 0.3) is 0 Å². The van der Waals surface area contributed by atoms with E-state index in [0.717, 1.165) is 21.2 Å². The van der Waals surface area contributed by atoms with E-state index in [1.807, 2.05) is 20.0 Å². The molecule has 2 nitrogen and oxygen atoms in total. The third kappa shape index (κ3) is 2.76. The molecule has 2 rings (SSSR count). The molecule has 1 N–H and O–H groups in total. The predicted octanol–water partition coefficient (Wildman–Crippen LogP) is 3.60. The first-order chi connectivity index (χ1) is 8.61. The van der Waals surface area contributed by atoms with Gasteiger partial charge in [-0.15, -0.1) is 0 Å². The van der Waals surface area contributed by atoms with Crippen molar-refractivity contribution in [2.45, 2.75) is 13.0 Å². The zero-order chi connectivity index (χ0) is 13.1. The van der Waals surface area contributed by atoms with Gasteiger partial charge in [-0.3, -0.25) is 4.98 Å². The van der Waals surface area contributed by atoms with E-state index in [4.69, 9.17) is 0 Å². The van der Waals surface area contributed by atoms with Gasteiger partial charge in [-0.05, 0) is 64.8 Å². The minimum atomic E-state index is -0.223. The Balaban J connectivity index is 2.48. The van der Waals surface area contributed by atoms with Gasteiger partial charge in [0, 0.05) is 16.9 Å². The molecule has 0 aliphatic rings. The minimum absolute atomic E-state index is 0.0642. The number of hydrogen-bond donors (Lipinski definition) is 1. The summed E-state index contributed by atoms with van der Waals surface area (Å²) in [5.41, 5.74) is 2.98. The maximum absolute atomic E-state index is 13.4. The van der Waals surface area contributed by atoms with Crippen molar-refractivity contribution in [2.75, 3.05) is 7.05 Å². The smallest absolute Gasteiger partial charge is 0.123 e. The summed E-state index contributed by atoms with van der Waals surface area (Å²) < 4.78 is 14.3. The van der Waals surface area contributed by atoms with Crippen LogP contribution >= 0.6 is 15.9 Å². The average Bonchev–Trinajstić information content (AvgIpc) is 2.35. The molecule has 0 aliphatic heterocycles. The fourth-order valence-corrected chi connectivity index (χ4v) is 2.39. The van der Waals surface area contributed by atoms with Gasteiger partial charge in [0.05, 0.1) is 6.04 Å².